The minimum Gasteiger partial charge on any atom is -0.490 e. The fourth-order valence-electron chi connectivity index (χ4n) is 4.75. The van der Waals surface area contributed by atoms with Gasteiger partial charge in [-0.15, -0.1) is 0 Å². The second kappa shape index (κ2) is 12.5. The van der Waals surface area contributed by atoms with Crippen molar-refractivity contribution in [2.45, 2.75) is 50.5 Å². The Balaban J connectivity index is 1.27. The van der Waals surface area contributed by atoms with E-state index in [1.165, 1.54) is 7.11 Å². The first-order chi connectivity index (χ1) is 19.0. The number of amides is 2. The van der Waals surface area contributed by atoms with Gasteiger partial charge < -0.3 is 24.4 Å². The summed E-state index contributed by atoms with van der Waals surface area (Å²) in [5.41, 5.74) is 3.30. The second-order valence-corrected chi connectivity index (χ2v) is 10.3. The molecule has 0 bridgehead atoms. The summed E-state index contributed by atoms with van der Waals surface area (Å²) in [5.74, 6) is 0.515. The summed E-state index contributed by atoms with van der Waals surface area (Å²) in [6.45, 7) is 2.01. The summed E-state index contributed by atoms with van der Waals surface area (Å²) >= 11 is 5.96. The maximum absolute atomic E-state index is 13.0. The predicted molar refractivity (Wildman–Crippen MR) is 147 cm³/mol. The lowest BCUT2D eigenvalue weighted by molar-refractivity contribution is 0.0776. The van der Waals surface area contributed by atoms with E-state index in [4.69, 9.17) is 25.8 Å². The van der Waals surface area contributed by atoms with Gasteiger partial charge in [-0.05, 0) is 29.7 Å². The normalized spacial score (nSPS) is 18.9. The lowest BCUT2D eigenvalue weighted by atomic mass is 10.1. The number of nitrogens with zero attached hydrogens (tertiary/aromatic N) is 2. The number of carbonyl (C=O) groups excluding carboxylic acids is 2. The zero-order valence-electron chi connectivity index (χ0n) is 21.8. The molecule has 2 heterocycles. The van der Waals surface area contributed by atoms with Crippen molar-refractivity contribution < 1.29 is 23.8 Å². The van der Waals surface area contributed by atoms with Gasteiger partial charge in [0.25, 0.3) is 5.91 Å². The maximum Gasteiger partial charge on any atom is 0.409 e. The number of hydrogen-bond donors (Lipinski definition) is 1. The molecule has 0 spiro atoms. The lowest BCUT2D eigenvalue weighted by Crippen LogP contribution is -2.41. The Hall–Kier alpha value is -3.62. The number of nitrogens with one attached hydrogen (secondary N) is 1. The number of likely N-dealkylation sites (tertiary alicyclic amines) is 1. The van der Waals surface area contributed by atoms with Crippen LogP contribution in [0.15, 0.2) is 66.9 Å². The number of benzene rings is 2. The number of piperidine rings is 1. The first-order valence-corrected chi connectivity index (χ1v) is 13.6. The fourth-order valence-corrected chi connectivity index (χ4v) is 4.88. The van der Waals surface area contributed by atoms with Crippen molar-refractivity contribution in [2.75, 3.05) is 20.2 Å². The monoisotopic (exact) mass is 549 g/mol. The number of rotatable bonds is 9. The molecular formula is C30H32ClN3O5. The average Bonchev–Trinajstić information content (AvgIpc) is 3.75. The number of halogens is 1. The number of carbonyl (C=O) groups is 2. The Kier molecular flexibility index (Phi) is 8.64. The van der Waals surface area contributed by atoms with Gasteiger partial charge in [-0.3, -0.25) is 9.78 Å². The van der Waals surface area contributed by atoms with E-state index < -0.39 is 0 Å². The molecule has 2 atom stereocenters. The van der Waals surface area contributed by atoms with Crippen LogP contribution < -0.4 is 10.1 Å². The summed E-state index contributed by atoms with van der Waals surface area (Å²) < 4.78 is 17.5. The van der Waals surface area contributed by atoms with Crippen molar-refractivity contribution in [3.8, 4) is 5.75 Å². The van der Waals surface area contributed by atoms with Crippen LogP contribution in [0.3, 0.4) is 0 Å². The molecule has 3 aromatic rings. The molecule has 1 aromatic heterocycles. The summed E-state index contributed by atoms with van der Waals surface area (Å²) in [4.78, 5) is 31.0. The molecule has 1 saturated heterocycles. The number of methoxy groups -OCH3 is 1. The SMILES string of the molecule is COC(=O)N1CCC(Oc2cc(C(=O)NCc3ccc(Cl)cc3)ncc2C2CC2OCc2ccccc2)CC1. The van der Waals surface area contributed by atoms with E-state index in [1.54, 1.807) is 29.3 Å². The van der Waals surface area contributed by atoms with E-state index in [0.717, 1.165) is 23.1 Å². The second-order valence-electron chi connectivity index (χ2n) is 9.87. The number of ether oxygens (including phenoxy) is 3. The topological polar surface area (TPSA) is 90.0 Å². The molecule has 8 nitrogen and oxygen atoms in total. The van der Waals surface area contributed by atoms with Crippen molar-refractivity contribution in [3.05, 3.63) is 94.3 Å². The van der Waals surface area contributed by atoms with Gasteiger partial charge in [-0.1, -0.05) is 54.1 Å². The van der Waals surface area contributed by atoms with Gasteiger partial charge in [0.15, 0.2) is 0 Å². The van der Waals surface area contributed by atoms with Gasteiger partial charge in [0.2, 0.25) is 0 Å². The van der Waals surface area contributed by atoms with Crippen molar-refractivity contribution in [2.24, 2.45) is 0 Å². The van der Waals surface area contributed by atoms with Crippen molar-refractivity contribution in [3.63, 3.8) is 0 Å². The lowest BCUT2D eigenvalue weighted by Gasteiger charge is -2.31. The molecule has 1 N–H and O–H groups in total. The van der Waals surface area contributed by atoms with Crippen LogP contribution in [0.25, 0.3) is 0 Å². The van der Waals surface area contributed by atoms with Crippen molar-refractivity contribution >= 4 is 23.6 Å². The predicted octanol–water partition coefficient (Wildman–Crippen LogP) is 5.35. The molecule has 2 aliphatic rings. The van der Waals surface area contributed by atoms with Gasteiger partial charge in [-0.2, -0.15) is 0 Å². The molecule has 1 aliphatic carbocycles. The van der Waals surface area contributed by atoms with Gasteiger partial charge in [0.1, 0.15) is 17.5 Å². The summed E-state index contributed by atoms with van der Waals surface area (Å²) in [6, 6.07) is 19.1. The van der Waals surface area contributed by atoms with Gasteiger partial charge >= 0.3 is 6.09 Å². The fraction of sp³-hybridized carbons (Fsp3) is 0.367. The smallest absolute Gasteiger partial charge is 0.409 e. The van der Waals surface area contributed by atoms with Gasteiger partial charge in [0.05, 0.1) is 19.8 Å². The molecule has 1 aliphatic heterocycles. The average molecular weight is 550 g/mol. The van der Waals surface area contributed by atoms with Gasteiger partial charge in [0, 0.05) is 61.2 Å². The van der Waals surface area contributed by atoms with E-state index in [1.807, 2.05) is 42.5 Å². The number of hydrogen-bond acceptors (Lipinski definition) is 6. The van der Waals surface area contributed by atoms with Crippen LogP contribution in [0, 0.1) is 0 Å². The third-order valence-corrected chi connectivity index (χ3v) is 7.35. The largest absolute Gasteiger partial charge is 0.490 e. The highest BCUT2D eigenvalue weighted by molar-refractivity contribution is 6.30. The number of aromatic nitrogens is 1. The highest BCUT2D eigenvalue weighted by Crippen LogP contribution is 2.47. The van der Waals surface area contributed by atoms with Crippen LogP contribution in [0.4, 0.5) is 4.79 Å². The summed E-state index contributed by atoms with van der Waals surface area (Å²) in [7, 11) is 1.39. The molecule has 5 rings (SSSR count). The molecule has 2 aromatic carbocycles. The first-order valence-electron chi connectivity index (χ1n) is 13.2. The van der Waals surface area contributed by atoms with Crippen molar-refractivity contribution in [1.29, 1.82) is 0 Å². The molecule has 39 heavy (non-hydrogen) atoms. The summed E-state index contributed by atoms with van der Waals surface area (Å²) in [5, 5.41) is 3.57. The van der Waals surface area contributed by atoms with Crippen molar-refractivity contribution in [1.82, 2.24) is 15.2 Å². The first kappa shape index (κ1) is 27.0. The van der Waals surface area contributed by atoms with Crippen LogP contribution in [-0.2, 0) is 22.6 Å². The summed E-state index contributed by atoms with van der Waals surface area (Å²) in [6.07, 6.45) is 3.62. The molecule has 2 amide bonds. The highest BCUT2D eigenvalue weighted by Gasteiger charge is 2.42. The van der Waals surface area contributed by atoms with Crippen LogP contribution in [0.1, 0.15) is 52.4 Å². The quantitative estimate of drug-likeness (QED) is 0.387. The molecule has 0 radical (unpaired) electrons. The van der Waals surface area contributed by atoms with Crippen LogP contribution >= 0.6 is 11.6 Å². The third kappa shape index (κ3) is 7.07. The van der Waals surface area contributed by atoms with E-state index in [2.05, 4.69) is 10.3 Å². The Morgan fingerprint density at radius 1 is 1.05 bits per heavy atom. The zero-order chi connectivity index (χ0) is 27.2. The molecule has 2 unspecified atom stereocenters. The Bertz CT molecular complexity index is 1280. The van der Waals surface area contributed by atoms with Crippen LogP contribution in [-0.4, -0.2) is 54.3 Å². The van der Waals surface area contributed by atoms with E-state index >= 15 is 0 Å². The van der Waals surface area contributed by atoms with E-state index in [0.29, 0.717) is 49.9 Å². The highest BCUT2D eigenvalue weighted by atomic mass is 35.5. The van der Waals surface area contributed by atoms with Crippen LogP contribution in [0.2, 0.25) is 5.02 Å². The third-order valence-electron chi connectivity index (χ3n) is 7.10. The molecule has 9 heteroatoms. The minimum atomic E-state index is -0.325. The minimum absolute atomic E-state index is 0.0695. The molecule has 204 valence electrons. The molecule has 1 saturated carbocycles. The van der Waals surface area contributed by atoms with E-state index in [9.17, 15) is 9.59 Å². The Morgan fingerprint density at radius 3 is 2.51 bits per heavy atom. The standard InChI is InChI=1S/C30H32ClN3O5/c1-37-30(36)34-13-11-23(12-14-34)39-28-16-26(29(35)33-17-20-7-9-22(31)10-8-20)32-18-25(28)24-15-27(24)38-19-21-5-3-2-4-6-21/h2-10,16,18,23-24,27H,11-15,17,19H2,1H3,(H,33,35). The maximum atomic E-state index is 13.0. The molecular weight excluding hydrogens is 518 g/mol. The zero-order valence-corrected chi connectivity index (χ0v) is 22.6. The van der Waals surface area contributed by atoms with Crippen LogP contribution in [0.5, 0.6) is 5.75 Å². The van der Waals surface area contributed by atoms with Gasteiger partial charge in [-0.25, -0.2) is 4.79 Å². The Morgan fingerprint density at radius 2 is 1.79 bits per heavy atom. The number of pyridine rings is 1. The van der Waals surface area contributed by atoms with E-state index in [-0.39, 0.29) is 35.8 Å². The Labute approximate surface area is 233 Å². The molecule has 2 fully saturated rings.